The Morgan fingerprint density at radius 2 is 1.70 bits per heavy atom. The molecule has 0 aliphatic carbocycles. The molecule has 6 heteroatoms. The maximum atomic E-state index is 13.1. The van der Waals surface area contributed by atoms with E-state index < -0.39 is 0 Å². The summed E-state index contributed by atoms with van der Waals surface area (Å²) < 4.78 is 1.14. The fourth-order valence-electron chi connectivity index (χ4n) is 3.21. The highest BCUT2D eigenvalue weighted by Gasteiger charge is 2.15. The van der Waals surface area contributed by atoms with E-state index in [2.05, 4.69) is 39.3 Å². The summed E-state index contributed by atoms with van der Waals surface area (Å²) in [5.74, 6) is -0.272. The van der Waals surface area contributed by atoms with Crippen LogP contribution in [0.3, 0.4) is 0 Å². The largest absolute Gasteiger partial charge is 0.332 e. The summed E-state index contributed by atoms with van der Waals surface area (Å²) in [6, 6.07) is 25.2. The van der Waals surface area contributed by atoms with Gasteiger partial charge in [0.15, 0.2) is 5.11 Å². The molecule has 1 aromatic heterocycles. The molecular formula is C24H18IN3OS. The summed E-state index contributed by atoms with van der Waals surface area (Å²) in [6.07, 6.45) is 0. The predicted octanol–water partition coefficient (Wildman–Crippen LogP) is 5.94. The average Bonchev–Trinajstić information content (AvgIpc) is 2.75. The SMILES string of the molecule is Cc1cc(I)ccc1NC(=S)NC(=O)c1cc(-c2ccccc2)nc2ccccc12. The van der Waals surface area contributed by atoms with Gasteiger partial charge in [0, 0.05) is 20.2 Å². The second kappa shape index (κ2) is 8.89. The van der Waals surface area contributed by atoms with Crippen molar-refractivity contribution >= 4 is 62.4 Å². The number of amides is 1. The molecule has 0 fully saturated rings. The fourth-order valence-corrected chi connectivity index (χ4v) is 4.06. The average molecular weight is 523 g/mol. The Hall–Kier alpha value is -2.84. The minimum absolute atomic E-state index is 0.256. The van der Waals surface area contributed by atoms with Gasteiger partial charge in [0.25, 0.3) is 5.91 Å². The Morgan fingerprint density at radius 3 is 2.47 bits per heavy atom. The monoisotopic (exact) mass is 523 g/mol. The van der Waals surface area contributed by atoms with Gasteiger partial charge in [-0.2, -0.15) is 0 Å². The molecule has 3 aromatic carbocycles. The number of benzene rings is 3. The van der Waals surface area contributed by atoms with Crippen LogP contribution in [0.15, 0.2) is 78.9 Å². The first kappa shape index (κ1) is 20.4. The van der Waals surface area contributed by atoms with Crippen molar-refractivity contribution in [2.75, 3.05) is 5.32 Å². The maximum absolute atomic E-state index is 13.1. The van der Waals surface area contributed by atoms with Gasteiger partial charge in [-0.3, -0.25) is 10.1 Å². The quantitative estimate of drug-likeness (QED) is 0.258. The van der Waals surface area contributed by atoms with E-state index in [-0.39, 0.29) is 11.0 Å². The van der Waals surface area contributed by atoms with Gasteiger partial charge >= 0.3 is 0 Å². The van der Waals surface area contributed by atoms with Crippen LogP contribution in [0, 0.1) is 10.5 Å². The van der Waals surface area contributed by atoms with Crippen molar-refractivity contribution in [1.29, 1.82) is 0 Å². The highest BCUT2D eigenvalue weighted by Crippen LogP contribution is 2.25. The third-order valence-electron chi connectivity index (χ3n) is 4.69. The lowest BCUT2D eigenvalue weighted by Crippen LogP contribution is -2.34. The number of carbonyl (C=O) groups is 1. The van der Waals surface area contributed by atoms with E-state index in [1.54, 1.807) is 0 Å². The van der Waals surface area contributed by atoms with Crippen molar-refractivity contribution < 1.29 is 4.79 Å². The number of nitrogens with one attached hydrogen (secondary N) is 2. The summed E-state index contributed by atoms with van der Waals surface area (Å²) in [6.45, 7) is 2.00. The van der Waals surface area contributed by atoms with Crippen LogP contribution in [-0.2, 0) is 0 Å². The number of para-hydroxylation sites is 1. The smallest absolute Gasteiger partial charge is 0.258 e. The number of pyridine rings is 1. The van der Waals surface area contributed by atoms with E-state index in [1.807, 2.05) is 79.7 Å². The third kappa shape index (κ3) is 4.49. The van der Waals surface area contributed by atoms with Gasteiger partial charge in [0.05, 0.1) is 16.8 Å². The standard InChI is InChI=1S/C24H18IN3OS/c1-15-13-17(25)11-12-20(15)27-24(30)28-23(29)19-14-22(16-7-3-2-4-8-16)26-21-10-6-5-9-18(19)21/h2-14H,1H3,(H2,27,28,29,30). The van der Waals surface area contributed by atoms with E-state index >= 15 is 0 Å². The molecule has 148 valence electrons. The summed E-state index contributed by atoms with van der Waals surface area (Å²) in [5, 5.41) is 6.96. The molecule has 0 saturated heterocycles. The number of anilines is 1. The zero-order valence-corrected chi connectivity index (χ0v) is 19.1. The molecule has 0 radical (unpaired) electrons. The molecule has 0 aliphatic rings. The Labute approximate surface area is 193 Å². The molecule has 30 heavy (non-hydrogen) atoms. The first-order valence-corrected chi connectivity index (χ1v) is 10.8. The van der Waals surface area contributed by atoms with Crippen LogP contribution in [-0.4, -0.2) is 16.0 Å². The zero-order valence-electron chi connectivity index (χ0n) is 16.1. The second-order valence-electron chi connectivity index (χ2n) is 6.81. The Bertz CT molecular complexity index is 1260. The topological polar surface area (TPSA) is 54.0 Å². The number of rotatable bonds is 3. The summed E-state index contributed by atoms with van der Waals surface area (Å²) in [4.78, 5) is 17.8. The molecule has 4 rings (SSSR count). The Morgan fingerprint density at radius 1 is 0.967 bits per heavy atom. The van der Waals surface area contributed by atoms with Gasteiger partial charge in [0.2, 0.25) is 0 Å². The first-order valence-electron chi connectivity index (χ1n) is 9.35. The molecule has 0 saturated carbocycles. The molecule has 0 atom stereocenters. The van der Waals surface area contributed by atoms with Crippen molar-refractivity contribution in [2.45, 2.75) is 6.92 Å². The van der Waals surface area contributed by atoms with Crippen LogP contribution in [0.1, 0.15) is 15.9 Å². The molecule has 1 amide bonds. The maximum Gasteiger partial charge on any atom is 0.258 e. The number of halogens is 1. The minimum Gasteiger partial charge on any atom is -0.332 e. The van der Waals surface area contributed by atoms with Crippen molar-refractivity contribution in [3.63, 3.8) is 0 Å². The first-order chi connectivity index (χ1) is 14.5. The Balaban J connectivity index is 1.64. The molecule has 4 nitrogen and oxygen atoms in total. The van der Waals surface area contributed by atoms with E-state index in [0.717, 1.165) is 37.0 Å². The molecule has 0 aliphatic heterocycles. The number of aromatic nitrogens is 1. The fraction of sp³-hybridized carbons (Fsp3) is 0.0417. The summed E-state index contributed by atoms with van der Waals surface area (Å²) in [7, 11) is 0. The van der Waals surface area contributed by atoms with E-state index in [9.17, 15) is 4.79 Å². The van der Waals surface area contributed by atoms with Gasteiger partial charge in [-0.25, -0.2) is 4.98 Å². The van der Waals surface area contributed by atoms with Crippen LogP contribution >= 0.6 is 34.8 Å². The number of hydrogen-bond donors (Lipinski definition) is 2. The molecular weight excluding hydrogens is 505 g/mol. The number of thiocarbonyl (C=S) groups is 1. The summed E-state index contributed by atoms with van der Waals surface area (Å²) >= 11 is 7.66. The lowest BCUT2D eigenvalue weighted by atomic mass is 10.0. The normalized spacial score (nSPS) is 10.6. The van der Waals surface area contributed by atoms with Gasteiger partial charge in [-0.15, -0.1) is 0 Å². The number of fused-ring (bicyclic) bond motifs is 1. The molecule has 2 N–H and O–H groups in total. The van der Waals surface area contributed by atoms with E-state index in [1.165, 1.54) is 0 Å². The Kier molecular flexibility index (Phi) is 6.06. The zero-order chi connectivity index (χ0) is 21.1. The van der Waals surface area contributed by atoms with Gasteiger partial charge in [0.1, 0.15) is 0 Å². The van der Waals surface area contributed by atoms with Crippen LogP contribution < -0.4 is 10.6 Å². The number of carbonyl (C=O) groups excluding carboxylic acids is 1. The van der Waals surface area contributed by atoms with Crippen molar-refractivity contribution in [2.24, 2.45) is 0 Å². The van der Waals surface area contributed by atoms with E-state index in [0.29, 0.717) is 5.56 Å². The molecule has 0 spiro atoms. The predicted molar refractivity (Wildman–Crippen MR) is 135 cm³/mol. The molecule has 1 heterocycles. The van der Waals surface area contributed by atoms with Crippen molar-refractivity contribution in [1.82, 2.24) is 10.3 Å². The summed E-state index contributed by atoms with van der Waals surface area (Å²) in [5.41, 5.74) is 4.91. The van der Waals surface area contributed by atoms with Crippen molar-refractivity contribution in [3.05, 3.63) is 93.6 Å². The van der Waals surface area contributed by atoms with Crippen LogP contribution in [0.5, 0.6) is 0 Å². The number of nitrogens with zero attached hydrogens (tertiary/aromatic N) is 1. The number of aryl methyl sites for hydroxylation is 1. The highest BCUT2D eigenvalue weighted by molar-refractivity contribution is 14.1. The lowest BCUT2D eigenvalue weighted by Gasteiger charge is -2.14. The highest BCUT2D eigenvalue weighted by atomic mass is 127. The molecule has 0 unspecified atom stereocenters. The van der Waals surface area contributed by atoms with Crippen molar-refractivity contribution in [3.8, 4) is 11.3 Å². The van der Waals surface area contributed by atoms with Crippen LogP contribution in [0.4, 0.5) is 5.69 Å². The van der Waals surface area contributed by atoms with Crippen LogP contribution in [0.2, 0.25) is 0 Å². The lowest BCUT2D eigenvalue weighted by molar-refractivity contribution is 0.0979. The van der Waals surface area contributed by atoms with Gasteiger partial charge < -0.3 is 5.32 Å². The van der Waals surface area contributed by atoms with Gasteiger partial charge in [-0.1, -0.05) is 48.5 Å². The van der Waals surface area contributed by atoms with Crippen LogP contribution in [0.25, 0.3) is 22.2 Å². The van der Waals surface area contributed by atoms with Gasteiger partial charge in [-0.05, 0) is 77.6 Å². The molecule has 4 aromatic rings. The third-order valence-corrected chi connectivity index (χ3v) is 5.57. The second-order valence-corrected chi connectivity index (χ2v) is 8.46. The van der Waals surface area contributed by atoms with E-state index in [4.69, 9.17) is 17.2 Å². The number of hydrogen-bond acceptors (Lipinski definition) is 3. The minimum atomic E-state index is -0.272. The molecule has 0 bridgehead atoms.